The topological polar surface area (TPSA) is 72.7 Å². The van der Waals surface area contributed by atoms with Gasteiger partial charge in [0, 0.05) is 11.3 Å². The minimum atomic E-state index is -4.48. The summed E-state index contributed by atoms with van der Waals surface area (Å²) in [5.41, 5.74) is -0.0579. The minimum absolute atomic E-state index is 0.0417. The average Bonchev–Trinajstić information content (AvgIpc) is 3.11. The Morgan fingerprint density at radius 3 is 2.54 bits per heavy atom. The maximum Gasteiger partial charge on any atom is 0.416 e. The number of amides is 1. The van der Waals surface area contributed by atoms with Crippen molar-refractivity contribution in [2.75, 3.05) is 5.32 Å². The molecule has 0 fully saturated rings. The summed E-state index contributed by atoms with van der Waals surface area (Å²) < 4.78 is 38.2. The van der Waals surface area contributed by atoms with E-state index >= 15 is 0 Å². The van der Waals surface area contributed by atoms with Crippen molar-refractivity contribution in [2.24, 2.45) is 0 Å². The van der Waals surface area contributed by atoms with E-state index in [1.807, 2.05) is 18.2 Å². The zero-order valence-electron chi connectivity index (χ0n) is 13.6. The highest BCUT2D eigenvalue weighted by atomic mass is 19.4. The third-order valence-corrected chi connectivity index (χ3v) is 3.64. The number of benzene rings is 2. The number of hydrogen-bond donors (Lipinski definition) is 1. The van der Waals surface area contributed by atoms with E-state index in [1.165, 1.54) is 19.1 Å². The van der Waals surface area contributed by atoms with Crippen molar-refractivity contribution < 1.29 is 18.0 Å². The van der Waals surface area contributed by atoms with E-state index in [0.717, 1.165) is 22.5 Å². The van der Waals surface area contributed by atoms with E-state index in [2.05, 4.69) is 20.7 Å². The number of alkyl halides is 3. The van der Waals surface area contributed by atoms with Crippen molar-refractivity contribution in [2.45, 2.75) is 19.1 Å². The number of carbonyl (C=O) groups excluding carboxylic acids is 1. The Kier molecular flexibility index (Phi) is 4.70. The molecule has 1 N–H and O–H groups in total. The monoisotopic (exact) mass is 361 g/mol. The van der Waals surface area contributed by atoms with Gasteiger partial charge in [0.1, 0.15) is 6.04 Å². The quantitative estimate of drug-likeness (QED) is 0.771. The molecule has 0 radical (unpaired) electrons. The number of halogens is 3. The SMILES string of the molecule is CC(C(=O)Nc1cccc(C(F)(F)F)c1)n1nnc(-c2ccccc2)n1. The van der Waals surface area contributed by atoms with Gasteiger partial charge in [0.15, 0.2) is 0 Å². The lowest BCUT2D eigenvalue weighted by atomic mass is 10.2. The molecule has 3 rings (SSSR count). The second-order valence-electron chi connectivity index (χ2n) is 5.54. The summed E-state index contributed by atoms with van der Waals surface area (Å²) in [4.78, 5) is 13.4. The molecule has 6 nitrogen and oxygen atoms in total. The van der Waals surface area contributed by atoms with Crippen LogP contribution in [0.3, 0.4) is 0 Å². The maximum atomic E-state index is 12.7. The van der Waals surface area contributed by atoms with Crippen LogP contribution in [-0.4, -0.2) is 26.1 Å². The number of rotatable bonds is 4. The first kappa shape index (κ1) is 17.6. The number of aromatic nitrogens is 4. The van der Waals surface area contributed by atoms with Crippen LogP contribution < -0.4 is 5.32 Å². The number of hydrogen-bond acceptors (Lipinski definition) is 4. The predicted molar refractivity (Wildman–Crippen MR) is 88.0 cm³/mol. The van der Waals surface area contributed by atoms with E-state index < -0.39 is 23.7 Å². The van der Waals surface area contributed by atoms with E-state index in [9.17, 15) is 18.0 Å². The molecule has 0 aliphatic carbocycles. The van der Waals surface area contributed by atoms with Crippen LogP contribution >= 0.6 is 0 Å². The lowest BCUT2D eigenvalue weighted by Crippen LogP contribution is -2.25. The molecule has 26 heavy (non-hydrogen) atoms. The van der Waals surface area contributed by atoms with Gasteiger partial charge in [-0.1, -0.05) is 36.4 Å². The fraction of sp³-hybridized carbons (Fsp3) is 0.176. The molecule has 1 unspecified atom stereocenters. The summed E-state index contributed by atoms with van der Waals surface area (Å²) in [5, 5.41) is 14.3. The van der Waals surface area contributed by atoms with Gasteiger partial charge in [-0.25, -0.2) is 0 Å². The predicted octanol–water partition coefficient (Wildman–Crippen LogP) is 3.56. The summed E-state index contributed by atoms with van der Waals surface area (Å²) >= 11 is 0. The van der Waals surface area contributed by atoms with Gasteiger partial charge in [-0.15, -0.1) is 10.2 Å². The van der Waals surface area contributed by atoms with E-state index in [4.69, 9.17) is 0 Å². The molecule has 0 spiro atoms. The van der Waals surface area contributed by atoms with Gasteiger partial charge in [0.05, 0.1) is 5.56 Å². The second kappa shape index (κ2) is 6.95. The van der Waals surface area contributed by atoms with Crippen LogP contribution in [0.1, 0.15) is 18.5 Å². The van der Waals surface area contributed by atoms with Gasteiger partial charge in [-0.3, -0.25) is 4.79 Å². The number of tetrazole rings is 1. The van der Waals surface area contributed by atoms with Crippen molar-refractivity contribution in [3.63, 3.8) is 0 Å². The Labute approximate surface area is 146 Å². The molecule has 1 amide bonds. The molecule has 0 bridgehead atoms. The fourth-order valence-corrected chi connectivity index (χ4v) is 2.22. The lowest BCUT2D eigenvalue weighted by Gasteiger charge is -2.12. The van der Waals surface area contributed by atoms with Crippen LogP contribution in [0.5, 0.6) is 0 Å². The second-order valence-corrected chi connectivity index (χ2v) is 5.54. The first-order valence-electron chi connectivity index (χ1n) is 7.67. The minimum Gasteiger partial charge on any atom is -0.324 e. The Morgan fingerprint density at radius 1 is 1.12 bits per heavy atom. The number of carbonyl (C=O) groups is 1. The van der Waals surface area contributed by atoms with Crippen molar-refractivity contribution in [3.05, 3.63) is 60.2 Å². The summed E-state index contributed by atoms with van der Waals surface area (Å²) in [5.74, 6) is -0.203. The number of nitrogens with one attached hydrogen (secondary N) is 1. The lowest BCUT2D eigenvalue weighted by molar-refractivity contribution is -0.137. The van der Waals surface area contributed by atoms with Crippen molar-refractivity contribution in [1.29, 1.82) is 0 Å². The van der Waals surface area contributed by atoms with Gasteiger partial charge < -0.3 is 5.32 Å². The van der Waals surface area contributed by atoms with Crippen molar-refractivity contribution >= 4 is 11.6 Å². The highest BCUT2D eigenvalue weighted by molar-refractivity contribution is 5.93. The number of anilines is 1. The summed E-state index contributed by atoms with van der Waals surface area (Å²) in [7, 11) is 0. The van der Waals surface area contributed by atoms with Gasteiger partial charge in [-0.05, 0) is 30.3 Å². The van der Waals surface area contributed by atoms with Gasteiger partial charge in [0.2, 0.25) is 5.82 Å². The standard InChI is InChI=1S/C17H14F3N5O/c1-11(25-23-15(22-24-25)12-6-3-2-4-7-12)16(26)21-14-9-5-8-13(10-14)17(18,19)20/h2-11H,1H3,(H,21,26). The van der Waals surface area contributed by atoms with E-state index in [0.29, 0.717) is 5.82 Å². The summed E-state index contributed by atoms with van der Waals surface area (Å²) in [6, 6.07) is 12.6. The largest absolute Gasteiger partial charge is 0.416 e. The molecule has 0 saturated heterocycles. The van der Waals surface area contributed by atoms with Gasteiger partial charge in [-0.2, -0.15) is 18.0 Å². The molecule has 1 atom stereocenters. The van der Waals surface area contributed by atoms with Crippen LogP contribution in [0.4, 0.5) is 18.9 Å². The molecule has 9 heteroatoms. The summed E-state index contributed by atoms with van der Waals surface area (Å²) in [6.07, 6.45) is -4.48. The van der Waals surface area contributed by atoms with Crippen molar-refractivity contribution in [1.82, 2.24) is 20.2 Å². The Bertz CT molecular complexity index is 908. The highest BCUT2D eigenvalue weighted by Gasteiger charge is 2.30. The Morgan fingerprint density at radius 2 is 1.85 bits per heavy atom. The Balaban J connectivity index is 1.74. The van der Waals surface area contributed by atoms with Crippen molar-refractivity contribution in [3.8, 4) is 11.4 Å². The molecular weight excluding hydrogens is 347 g/mol. The molecular formula is C17H14F3N5O. The Hall–Kier alpha value is -3.23. The van der Waals surface area contributed by atoms with E-state index in [-0.39, 0.29) is 5.69 Å². The molecule has 0 aliphatic rings. The van der Waals surface area contributed by atoms with Crippen LogP contribution in [-0.2, 0) is 11.0 Å². The first-order valence-corrected chi connectivity index (χ1v) is 7.67. The molecule has 2 aromatic carbocycles. The third-order valence-electron chi connectivity index (χ3n) is 3.64. The number of nitrogens with zero attached hydrogens (tertiary/aromatic N) is 4. The third kappa shape index (κ3) is 3.88. The maximum absolute atomic E-state index is 12.7. The van der Waals surface area contributed by atoms with Crippen LogP contribution in [0, 0.1) is 0 Å². The molecule has 134 valence electrons. The highest BCUT2D eigenvalue weighted by Crippen LogP contribution is 2.30. The molecule has 1 aromatic heterocycles. The summed E-state index contributed by atoms with van der Waals surface area (Å²) in [6.45, 7) is 1.53. The fourth-order valence-electron chi connectivity index (χ4n) is 2.22. The smallest absolute Gasteiger partial charge is 0.324 e. The first-order chi connectivity index (χ1) is 12.3. The van der Waals surface area contributed by atoms with Crippen LogP contribution in [0.2, 0.25) is 0 Å². The molecule has 1 heterocycles. The average molecular weight is 361 g/mol. The zero-order chi connectivity index (χ0) is 18.7. The van der Waals surface area contributed by atoms with Crippen LogP contribution in [0.15, 0.2) is 54.6 Å². The van der Waals surface area contributed by atoms with Crippen LogP contribution in [0.25, 0.3) is 11.4 Å². The molecule has 0 saturated carbocycles. The molecule has 0 aliphatic heterocycles. The van der Waals surface area contributed by atoms with E-state index in [1.54, 1.807) is 12.1 Å². The molecule has 3 aromatic rings. The van der Waals surface area contributed by atoms with Gasteiger partial charge >= 0.3 is 6.18 Å². The normalized spacial score (nSPS) is 12.6. The zero-order valence-corrected chi connectivity index (χ0v) is 13.6. The van der Waals surface area contributed by atoms with Gasteiger partial charge in [0.25, 0.3) is 5.91 Å².